The van der Waals surface area contributed by atoms with E-state index in [0.29, 0.717) is 6.42 Å². The molecule has 1 N–H and O–H groups in total. The number of nitrogens with zero attached hydrogens (tertiary/aromatic N) is 1. The maximum Gasteiger partial charge on any atom is 0.162 e. The Morgan fingerprint density at radius 2 is 1.86 bits per heavy atom. The van der Waals surface area contributed by atoms with Gasteiger partial charge in [0, 0.05) is 31.6 Å². The number of anilines is 2. The lowest BCUT2D eigenvalue weighted by molar-refractivity contribution is 0.0979. The number of hydrogen-bond donors (Lipinski definition) is 1. The van der Waals surface area contributed by atoms with Crippen LogP contribution in [0.3, 0.4) is 0 Å². The minimum Gasteiger partial charge on any atom is -0.383 e. The Labute approximate surface area is 170 Å². The fraction of sp³-hybridized carbons (Fsp3) is 0.480. The Kier molecular flexibility index (Phi) is 7.53. The summed E-state index contributed by atoms with van der Waals surface area (Å²) in [5, 5.41) is 3.65. The predicted molar refractivity (Wildman–Crippen MR) is 120 cm³/mol. The molecule has 0 saturated carbocycles. The highest BCUT2D eigenvalue weighted by molar-refractivity contribution is 5.98. The highest BCUT2D eigenvalue weighted by Gasteiger charge is 2.23. The number of Topliss-reactive ketones (excluding diaryl/α,β-unsaturated/α-hetero) is 1. The second-order valence-corrected chi connectivity index (χ2v) is 7.85. The summed E-state index contributed by atoms with van der Waals surface area (Å²) in [6.45, 7) is 7.28. The van der Waals surface area contributed by atoms with E-state index in [1.54, 1.807) is 0 Å². The molecule has 0 amide bonds. The third-order valence-corrected chi connectivity index (χ3v) is 5.52. The van der Waals surface area contributed by atoms with Crippen LogP contribution in [0.4, 0.5) is 11.4 Å². The summed E-state index contributed by atoms with van der Waals surface area (Å²) < 4.78 is 0. The average molecular weight is 379 g/mol. The van der Waals surface area contributed by atoms with Crippen LogP contribution in [0.2, 0.25) is 0 Å². The van der Waals surface area contributed by atoms with E-state index < -0.39 is 0 Å². The Bertz CT molecular complexity index is 770. The largest absolute Gasteiger partial charge is 0.383 e. The quantitative estimate of drug-likeness (QED) is 0.393. The van der Waals surface area contributed by atoms with Crippen LogP contribution in [0.5, 0.6) is 0 Å². The number of hydrogen-bond acceptors (Lipinski definition) is 3. The van der Waals surface area contributed by atoms with Crippen LogP contribution in [-0.2, 0) is 13.0 Å². The fourth-order valence-corrected chi connectivity index (χ4v) is 3.97. The first-order valence-electron chi connectivity index (χ1n) is 11.0. The number of ketones is 1. The zero-order valence-electron chi connectivity index (χ0n) is 17.5. The third-order valence-electron chi connectivity index (χ3n) is 5.52. The molecule has 3 nitrogen and oxygen atoms in total. The number of nitrogens with one attached hydrogen (secondary N) is 1. The van der Waals surface area contributed by atoms with Crippen LogP contribution in [0.15, 0.2) is 42.5 Å². The predicted octanol–water partition coefficient (Wildman–Crippen LogP) is 6.22. The van der Waals surface area contributed by atoms with E-state index in [-0.39, 0.29) is 5.78 Å². The van der Waals surface area contributed by atoms with E-state index in [9.17, 15) is 4.79 Å². The van der Waals surface area contributed by atoms with Gasteiger partial charge in [-0.1, -0.05) is 57.0 Å². The van der Waals surface area contributed by atoms with Gasteiger partial charge in [0.15, 0.2) is 5.78 Å². The molecule has 2 aromatic carbocycles. The van der Waals surface area contributed by atoms with Crippen LogP contribution in [-0.4, -0.2) is 18.9 Å². The zero-order valence-corrected chi connectivity index (χ0v) is 17.5. The van der Waals surface area contributed by atoms with E-state index in [1.165, 1.54) is 16.8 Å². The molecule has 1 aliphatic heterocycles. The molecule has 0 unspecified atom stereocenters. The van der Waals surface area contributed by atoms with Gasteiger partial charge in [0.05, 0.1) is 11.4 Å². The monoisotopic (exact) mass is 378 g/mol. The SMILES string of the molecule is CCCCNc1cc(C(=O)CCCC)cc2c1N(Cc1ccccc1)CCC2. The van der Waals surface area contributed by atoms with Crippen molar-refractivity contribution in [3.8, 4) is 0 Å². The third kappa shape index (κ3) is 5.15. The van der Waals surface area contributed by atoms with Gasteiger partial charge < -0.3 is 10.2 Å². The smallest absolute Gasteiger partial charge is 0.162 e. The topological polar surface area (TPSA) is 32.3 Å². The van der Waals surface area contributed by atoms with Crippen LogP contribution in [0.1, 0.15) is 73.9 Å². The van der Waals surface area contributed by atoms with Crippen molar-refractivity contribution < 1.29 is 4.79 Å². The highest BCUT2D eigenvalue weighted by Crippen LogP contribution is 2.37. The first-order valence-corrected chi connectivity index (χ1v) is 11.0. The summed E-state index contributed by atoms with van der Waals surface area (Å²) in [5.41, 5.74) is 5.98. The number of aryl methyl sites for hydroxylation is 1. The maximum atomic E-state index is 12.7. The lowest BCUT2D eigenvalue weighted by Crippen LogP contribution is -2.30. The van der Waals surface area contributed by atoms with E-state index in [0.717, 1.165) is 69.4 Å². The van der Waals surface area contributed by atoms with Crippen molar-refractivity contribution in [2.45, 2.75) is 65.3 Å². The van der Waals surface area contributed by atoms with Crippen LogP contribution < -0.4 is 10.2 Å². The molecule has 0 aromatic heterocycles. The molecule has 1 heterocycles. The summed E-state index contributed by atoms with van der Waals surface area (Å²) in [5.74, 6) is 0.281. The van der Waals surface area contributed by atoms with Gasteiger partial charge in [-0.15, -0.1) is 0 Å². The second-order valence-electron chi connectivity index (χ2n) is 7.85. The van der Waals surface area contributed by atoms with Crippen molar-refractivity contribution in [3.05, 3.63) is 59.2 Å². The molecular formula is C25H34N2O. The highest BCUT2D eigenvalue weighted by atomic mass is 16.1. The van der Waals surface area contributed by atoms with Gasteiger partial charge in [0.1, 0.15) is 0 Å². The van der Waals surface area contributed by atoms with E-state index in [4.69, 9.17) is 0 Å². The summed E-state index contributed by atoms with van der Waals surface area (Å²) in [6, 6.07) is 14.9. The molecule has 28 heavy (non-hydrogen) atoms. The molecule has 0 atom stereocenters. The Hall–Kier alpha value is -2.29. The number of carbonyl (C=O) groups excluding carboxylic acids is 1. The molecular weight excluding hydrogens is 344 g/mol. The minimum absolute atomic E-state index is 0.281. The molecule has 2 aromatic rings. The Balaban J connectivity index is 1.92. The van der Waals surface area contributed by atoms with Crippen LogP contribution >= 0.6 is 0 Å². The minimum atomic E-state index is 0.281. The van der Waals surface area contributed by atoms with Gasteiger partial charge in [0.25, 0.3) is 0 Å². The summed E-state index contributed by atoms with van der Waals surface area (Å²) >= 11 is 0. The van der Waals surface area contributed by atoms with Crippen LogP contribution in [0, 0.1) is 0 Å². The van der Waals surface area contributed by atoms with E-state index in [2.05, 4.69) is 66.5 Å². The van der Waals surface area contributed by atoms with Gasteiger partial charge in [-0.3, -0.25) is 4.79 Å². The van der Waals surface area contributed by atoms with Crippen molar-refractivity contribution in [1.29, 1.82) is 0 Å². The number of rotatable bonds is 10. The van der Waals surface area contributed by atoms with Crippen molar-refractivity contribution >= 4 is 17.2 Å². The Morgan fingerprint density at radius 1 is 1.07 bits per heavy atom. The first kappa shape index (κ1) is 20.4. The van der Waals surface area contributed by atoms with Crippen molar-refractivity contribution in [2.24, 2.45) is 0 Å². The Morgan fingerprint density at radius 3 is 2.61 bits per heavy atom. The van der Waals surface area contributed by atoms with Gasteiger partial charge in [0.2, 0.25) is 0 Å². The van der Waals surface area contributed by atoms with Crippen LogP contribution in [0.25, 0.3) is 0 Å². The second kappa shape index (κ2) is 10.3. The first-order chi connectivity index (χ1) is 13.7. The average Bonchev–Trinajstić information content (AvgIpc) is 2.72. The molecule has 0 aliphatic carbocycles. The maximum absolute atomic E-state index is 12.7. The summed E-state index contributed by atoms with van der Waals surface area (Å²) in [4.78, 5) is 15.2. The fourth-order valence-electron chi connectivity index (χ4n) is 3.97. The van der Waals surface area contributed by atoms with Crippen molar-refractivity contribution in [3.63, 3.8) is 0 Å². The molecule has 0 saturated heterocycles. The molecule has 0 spiro atoms. The number of fused-ring (bicyclic) bond motifs is 1. The van der Waals surface area contributed by atoms with E-state index >= 15 is 0 Å². The zero-order chi connectivity index (χ0) is 19.8. The lowest BCUT2D eigenvalue weighted by atomic mass is 9.94. The lowest BCUT2D eigenvalue weighted by Gasteiger charge is -2.34. The molecule has 3 heteroatoms. The molecule has 150 valence electrons. The molecule has 3 rings (SSSR count). The molecule has 0 bridgehead atoms. The summed E-state index contributed by atoms with van der Waals surface area (Å²) in [7, 11) is 0. The normalized spacial score (nSPS) is 13.3. The molecule has 1 aliphatic rings. The molecule has 0 fully saturated rings. The van der Waals surface area contributed by atoms with Crippen molar-refractivity contribution in [2.75, 3.05) is 23.3 Å². The summed E-state index contributed by atoms with van der Waals surface area (Å²) in [6.07, 6.45) is 7.17. The number of carbonyl (C=O) groups is 1. The van der Waals surface area contributed by atoms with Gasteiger partial charge >= 0.3 is 0 Å². The standard InChI is InChI=1S/C25H34N2O/c1-3-5-14-24(28)22-17-21-13-10-16-27(19-20-11-8-7-9-12-20)25(21)23(18-22)26-15-6-4-2/h7-9,11-12,17-18,26H,3-6,10,13-16,19H2,1-2H3. The van der Waals surface area contributed by atoms with E-state index in [1.807, 2.05) is 0 Å². The number of unbranched alkanes of at least 4 members (excludes halogenated alkanes) is 2. The van der Waals surface area contributed by atoms with Gasteiger partial charge in [-0.05, 0) is 48.9 Å². The molecule has 0 radical (unpaired) electrons. The van der Waals surface area contributed by atoms with Crippen molar-refractivity contribution in [1.82, 2.24) is 0 Å². The van der Waals surface area contributed by atoms with Gasteiger partial charge in [-0.2, -0.15) is 0 Å². The van der Waals surface area contributed by atoms with Gasteiger partial charge in [-0.25, -0.2) is 0 Å². The number of benzene rings is 2.